The Kier molecular flexibility index (Phi) is 6.19. The molecule has 0 unspecified atom stereocenters. The van der Waals surface area contributed by atoms with Gasteiger partial charge in [-0.3, -0.25) is 19.6 Å². The van der Waals surface area contributed by atoms with Crippen molar-refractivity contribution in [3.8, 4) is 0 Å². The number of carbonyl (C=O) groups excluding carboxylic acids is 1. The van der Waals surface area contributed by atoms with Gasteiger partial charge < -0.3 is 10.4 Å². The smallest absolute Gasteiger partial charge is 0.241 e. The van der Waals surface area contributed by atoms with Crippen molar-refractivity contribution < 1.29 is 9.90 Å². The Morgan fingerprint density at radius 2 is 2.00 bits per heavy atom. The number of aliphatic hydroxyl groups excluding tert-OH is 1. The van der Waals surface area contributed by atoms with Crippen LogP contribution in [0.15, 0.2) is 36.5 Å². The van der Waals surface area contributed by atoms with Crippen molar-refractivity contribution in [1.29, 1.82) is 0 Å². The molecule has 2 N–H and O–H groups in total. The van der Waals surface area contributed by atoms with Gasteiger partial charge >= 0.3 is 0 Å². The molecule has 6 heteroatoms. The highest BCUT2D eigenvalue weighted by Gasteiger charge is 2.26. The average Bonchev–Trinajstić information content (AvgIpc) is 2.68. The maximum Gasteiger partial charge on any atom is 0.241 e. The summed E-state index contributed by atoms with van der Waals surface area (Å²) in [5, 5.41) is 13.8. The van der Waals surface area contributed by atoms with E-state index in [0.29, 0.717) is 6.54 Å². The lowest BCUT2D eigenvalue weighted by molar-refractivity contribution is -0.121. The Balaban J connectivity index is 1.58. The van der Waals surface area contributed by atoms with Gasteiger partial charge in [0, 0.05) is 44.3 Å². The van der Waals surface area contributed by atoms with Gasteiger partial charge in [0.1, 0.15) is 0 Å². The minimum Gasteiger partial charge on any atom is -0.392 e. The maximum atomic E-state index is 12.7. The van der Waals surface area contributed by atoms with Crippen molar-refractivity contribution >= 4 is 22.5 Å². The van der Waals surface area contributed by atoms with E-state index in [1.807, 2.05) is 44.2 Å². The predicted molar refractivity (Wildman–Crippen MR) is 104 cm³/mol. The first-order valence-corrected chi connectivity index (χ1v) is 9.37. The van der Waals surface area contributed by atoms with Crippen LogP contribution in [-0.4, -0.2) is 70.7 Å². The van der Waals surface area contributed by atoms with Crippen LogP contribution in [-0.2, 0) is 4.79 Å². The molecule has 2 aromatic rings. The van der Waals surface area contributed by atoms with Crippen molar-refractivity contribution in [2.45, 2.75) is 32.4 Å². The molecule has 1 aromatic heterocycles. The molecule has 0 saturated carbocycles. The van der Waals surface area contributed by atoms with E-state index in [1.165, 1.54) is 0 Å². The summed E-state index contributed by atoms with van der Waals surface area (Å²) >= 11 is 0. The number of hydrogen-bond acceptors (Lipinski definition) is 5. The first-order valence-electron chi connectivity index (χ1n) is 9.37. The zero-order chi connectivity index (χ0) is 18.5. The lowest BCUT2D eigenvalue weighted by Crippen LogP contribution is -2.53. The number of aliphatic hydroxyl groups is 1. The van der Waals surface area contributed by atoms with Gasteiger partial charge in [-0.1, -0.05) is 13.0 Å². The van der Waals surface area contributed by atoms with Crippen molar-refractivity contribution in [2.24, 2.45) is 0 Å². The second-order valence-electron chi connectivity index (χ2n) is 6.94. The lowest BCUT2D eigenvalue weighted by atomic mass is 10.1. The number of anilines is 1. The average molecular weight is 356 g/mol. The Labute approximate surface area is 154 Å². The molecule has 0 radical (unpaired) electrons. The van der Waals surface area contributed by atoms with Crippen molar-refractivity contribution in [2.75, 3.05) is 38.0 Å². The fourth-order valence-electron chi connectivity index (χ4n) is 3.38. The Morgan fingerprint density at radius 1 is 1.23 bits per heavy atom. The minimum atomic E-state index is -0.262. The normalized spacial score (nSPS) is 18.6. The summed E-state index contributed by atoms with van der Waals surface area (Å²) in [4.78, 5) is 21.5. The fraction of sp³-hybridized carbons (Fsp3) is 0.500. The van der Waals surface area contributed by atoms with Gasteiger partial charge in [-0.25, -0.2) is 0 Å². The number of benzene rings is 1. The number of aromatic nitrogens is 1. The molecule has 1 aliphatic heterocycles. The van der Waals surface area contributed by atoms with E-state index >= 15 is 0 Å². The van der Waals surface area contributed by atoms with E-state index in [1.54, 1.807) is 6.20 Å². The number of nitrogens with one attached hydrogen (secondary N) is 1. The number of fused-ring (bicyclic) bond motifs is 1. The van der Waals surface area contributed by atoms with Gasteiger partial charge in [0.25, 0.3) is 0 Å². The molecule has 2 atom stereocenters. The van der Waals surface area contributed by atoms with Crippen LogP contribution in [0.3, 0.4) is 0 Å². The third-order valence-corrected chi connectivity index (χ3v) is 5.18. The molecule has 3 rings (SSSR count). The van der Waals surface area contributed by atoms with Crippen LogP contribution in [0.25, 0.3) is 10.9 Å². The number of carbonyl (C=O) groups is 1. The number of piperazine rings is 1. The number of pyridine rings is 1. The number of nitrogens with zero attached hydrogens (tertiary/aromatic N) is 3. The summed E-state index contributed by atoms with van der Waals surface area (Å²) in [7, 11) is 0. The number of hydrogen-bond donors (Lipinski definition) is 2. The van der Waals surface area contributed by atoms with Gasteiger partial charge in [0.15, 0.2) is 0 Å². The molecule has 1 aromatic carbocycles. The predicted octanol–water partition coefficient (Wildman–Crippen LogP) is 1.95. The van der Waals surface area contributed by atoms with Gasteiger partial charge in [-0.15, -0.1) is 0 Å². The van der Waals surface area contributed by atoms with Crippen LogP contribution in [0.1, 0.15) is 20.3 Å². The van der Waals surface area contributed by atoms with Crippen molar-refractivity contribution in [1.82, 2.24) is 14.8 Å². The molecular weight excluding hydrogens is 328 g/mol. The Morgan fingerprint density at radius 3 is 2.73 bits per heavy atom. The fourth-order valence-corrected chi connectivity index (χ4v) is 3.38. The molecule has 0 bridgehead atoms. The molecule has 6 nitrogen and oxygen atoms in total. The minimum absolute atomic E-state index is 0.00314. The van der Waals surface area contributed by atoms with E-state index in [4.69, 9.17) is 0 Å². The standard InChI is InChI=1S/C20H28N4O2/c1-3-16(25)14-23-10-12-24(13-11-23)15(2)20(26)22-19-8-4-7-18-17(19)6-5-9-21-18/h4-9,15-16,25H,3,10-14H2,1-2H3,(H,22,26)/t15-,16+/m0/s1. The van der Waals surface area contributed by atoms with Gasteiger partial charge in [-0.05, 0) is 37.6 Å². The zero-order valence-electron chi connectivity index (χ0n) is 15.6. The highest BCUT2D eigenvalue weighted by Crippen LogP contribution is 2.22. The quantitative estimate of drug-likeness (QED) is 0.828. The largest absolute Gasteiger partial charge is 0.392 e. The SMILES string of the molecule is CC[C@@H](O)CN1CCN([C@@H](C)C(=O)Nc2cccc3ncccc23)CC1. The van der Waals surface area contributed by atoms with Crippen LogP contribution in [0.2, 0.25) is 0 Å². The lowest BCUT2D eigenvalue weighted by Gasteiger charge is -2.38. The molecule has 1 fully saturated rings. The molecule has 0 aliphatic carbocycles. The highest BCUT2D eigenvalue weighted by molar-refractivity contribution is 6.02. The van der Waals surface area contributed by atoms with E-state index in [9.17, 15) is 9.90 Å². The zero-order valence-corrected chi connectivity index (χ0v) is 15.6. The molecule has 26 heavy (non-hydrogen) atoms. The van der Waals surface area contributed by atoms with Gasteiger partial charge in [-0.2, -0.15) is 0 Å². The molecule has 2 heterocycles. The molecule has 1 saturated heterocycles. The first kappa shape index (κ1) is 18.8. The number of rotatable bonds is 6. The maximum absolute atomic E-state index is 12.7. The molecule has 140 valence electrons. The van der Waals surface area contributed by atoms with E-state index in [0.717, 1.165) is 49.2 Å². The monoisotopic (exact) mass is 356 g/mol. The second kappa shape index (κ2) is 8.58. The number of amides is 1. The summed E-state index contributed by atoms with van der Waals surface area (Å²) in [6, 6.07) is 9.43. The van der Waals surface area contributed by atoms with Crippen LogP contribution in [0, 0.1) is 0 Å². The third-order valence-electron chi connectivity index (χ3n) is 5.18. The van der Waals surface area contributed by atoms with Crippen LogP contribution < -0.4 is 5.32 Å². The summed E-state index contributed by atoms with van der Waals surface area (Å²) in [6.45, 7) is 8.10. The summed E-state index contributed by atoms with van der Waals surface area (Å²) < 4.78 is 0. The summed E-state index contributed by atoms with van der Waals surface area (Å²) in [5.74, 6) is 0.00314. The first-order chi connectivity index (χ1) is 12.6. The van der Waals surface area contributed by atoms with Crippen LogP contribution in [0.4, 0.5) is 5.69 Å². The van der Waals surface area contributed by atoms with Crippen LogP contribution in [0.5, 0.6) is 0 Å². The van der Waals surface area contributed by atoms with Gasteiger partial charge in [0.2, 0.25) is 5.91 Å². The van der Waals surface area contributed by atoms with E-state index in [2.05, 4.69) is 20.1 Å². The molecular formula is C20H28N4O2. The molecule has 1 amide bonds. The topological polar surface area (TPSA) is 68.7 Å². The number of β-amino-alcohol motifs (C(OH)–C–C–N with tert-alkyl or cyclic N) is 1. The van der Waals surface area contributed by atoms with E-state index < -0.39 is 0 Å². The van der Waals surface area contributed by atoms with Crippen molar-refractivity contribution in [3.05, 3.63) is 36.5 Å². The molecule has 0 spiro atoms. The van der Waals surface area contributed by atoms with Crippen molar-refractivity contribution in [3.63, 3.8) is 0 Å². The Bertz CT molecular complexity index is 738. The highest BCUT2D eigenvalue weighted by atomic mass is 16.3. The van der Waals surface area contributed by atoms with Crippen LogP contribution >= 0.6 is 0 Å². The second-order valence-corrected chi connectivity index (χ2v) is 6.94. The summed E-state index contributed by atoms with van der Waals surface area (Å²) in [5.41, 5.74) is 1.68. The third kappa shape index (κ3) is 4.38. The van der Waals surface area contributed by atoms with E-state index in [-0.39, 0.29) is 18.1 Å². The molecule has 1 aliphatic rings. The summed E-state index contributed by atoms with van der Waals surface area (Å²) in [6.07, 6.45) is 2.27. The Hall–Kier alpha value is -2.02. The van der Waals surface area contributed by atoms with Gasteiger partial charge in [0.05, 0.1) is 23.3 Å².